The largest absolute Gasteiger partial charge is 0.455 e. The molecule has 13 aromatic rings. The van der Waals surface area contributed by atoms with Crippen LogP contribution in [0.1, 0.15) is 0 Å². The van der Waals surface area contributed by atoms with E-state index in [0.29, 0.717) is 0 Å². The molecule has 13 rings (SSSR count). The van der Waals surface area contributed by atoms with Gasteiger partial charge in [-0.15, -0.1) is 0 Å². The van der Waals surface area contributed by atoms with Crippen molar-refractivity contribution in [2.75, 3.05) is 0 Å². The lowest BCUT2D eigenvalue weighted by Crippen LogP contribution is -1.92. The molecule has 2 heteroatoms. The third kappa shape index (κ3) is 4.48. The summed E-state index contributed by atoms with van der Waals surface area (Å²) in [6, 6.07) is 70.4. The lowest BCUT2D eigenvalue weighted by molar-refractivity contribution is 0.670. The van der Waals surface area contributed by atoms with Crippen molar-refractivity contribution in [2.45, 2.75) is 0 Å². The predicted molar refractivity (Wildman–Crippen MR) is 245 cm³/mol. The van der Waals surface area contributed by atoms with Gasteiger partial charge in [0.1, 0.15) is 22.3 Å². The molecule has 0 radical (unpaired) electrons. The smallest absolute Gasteiger partial charge is 0.143 e. The summed E-state index contributed by atoms with van der Waals surface area (Å²) in [5.74, 6) is 0. The number of rotatable bonds is 3. The molecular formula is C56H32O2. The van der Waals surface area contributed by atoms with Crippen molar-refractivity contribution in [1.29, 1.82) is 0 Å². The second kappa shape index (κ2) is 11.9. The van der Waals surface area contributed by atoms with E-state index >= 15 is 0 Å². The van der Waals surface area contributed by atoms with Crippen molar-refractivity contribution < 1.29 is 8.83 Å². The molecule has 2 nitrogen and oxygen atoms in total. The van der Waals surface area contributed by atoms with Crippen LogP contribution < -0.4 is 0 Å². The zero-order chi connectivity index (χ0) is 37.9. The Morgan fingerprint density at radius 3 is 1.14 bits per heavy atom. The fourth-order valence-electron chi connectivity index (χ4n) is 9.76. The van der Waals surface area contributed by atoms with E-state index in [1.54, 1.807) is 0 Å². The maximum absolute atomic E-state index is 6.84. The van der Waals surface area contributed by atoms with E-state index in [-0.39, 0.29) is 0 Å². The van der Waals surface area contributed by atoms with Crippen LogP contribution >= 0.6 is 0 Å². The van der Waals surface area contributed by atoms with Gasteiger partial charge in [0.15, 0.2) is 0 Å². The third-order valence-corrected chi connectivity index (χ3v) is 12.4. The van der Waals surface area contributed by atoms with Crippen molar-refractivity contribution in [3.05, 3.63) is 194 Å². The van der Waals surface area contributed by atoms with Gasteiger partial charge in [-0.3, -0.25) is 0 Å². The summed E-state index contributed by atoms with van der Waals surface area (Å²) >= 11 is 0. The van der Waals surface area contributed by atoms with Crippen LogP contribution in [0.2, 0.25) is 0 Å². The summed E-state index contributed by atoms with van der Waals surface area (Å²) < 4.78 is 13.7. The molecule has 0 amide bonds. The summed E-state index contributed by atoms with van der Waals surface area (Å²) in [5, 5.41) is 16.5. The SMILES string of the molecule is c1ccc2cc3c(cc2c1)oc1c(-c2cccc4c(-c5cccc6ccccc56)c5cccc(-c6cccc7c6oc6cc8ccccc8cc67)c5cc24)cccc13. The normalized spacial score (nSPS) is 12.1. The molecule has 268 valence electrons. The van der Waals surface area contributed by atoms with Crippen LogP contribution in [0.15, 0.2) is 203 Å². The molecule has 0 aliphatic heterocycles. The molecule has 2 aromatic heterocycles. The van der Waals surface area contributed by atoms with Crippen LogP contribution in [-0.2, 0) is 0 Å². The number of furan rings is 2. The molecule has 0 aliphatic carbocycles. The lowest BCUT2D eigenvalue weighted by Gasteiger charge is -2.18. The first-order valence-corrected chi connectivity index (χ1v) is 19.9. The van der Waals surface area contributed by atoms with Gasteiger partial charge >= 0.3 is 0 Å². The molecular weight excluding hydrogens is 705 g/mol. The van der Waals surface area contributed by atoms with E-state index in [9.17, 15) is 0 Å². The van der Waals surface area contributed by atoms with Crippen LogP contribution in [0.4, 0.5) is 0 Å². The number of hydrogen-bond acceptors (Lipinski definition) is 2. The third-order valence-electron chi connectivity index (χ3n) is 12.4. The van der Waals surface area contributed by atoms with Crippen LogP contribution in [0.5, 0.6) is 0 Å². The topological polar surface area (TPSA) is 26.3 Å². The minimum atomic E-state index is 0.900. The lowest BCUT2D eigenvalue weighted by atomic mass is 9.85. The summed E-state index contributed by atoms with van der Waals surface area (Å²) in [6.45, 7) is 0. The molecule has 0 unspecified atom stereocenters. The van der Waals surface area contributed by atoms with E-state index in [2.05, 4.69) is 194 Å². The highest BCUT2D eigenvalue weighted by molar-refractivity contribution is 6.24. The molecule has 11 aromatic carbocycles. The molecule has 2 heterocycles. The van der Waals surface area contributed by atoms with Crippen molar-refractivity contribution >= 4 is 97.7 Å². The van der Waals surface area contributed by atoms with Crippen LogP contribution in [0.25, 0.3) is 131 Å². The Morgan fingerprint density at radius 1 is 0.224 bits per heavy atom. The van der Waals surface area contributed by atoms with E-state index in [1.165, 1.54) is 65.0 Å². The number of fused-ring (bicyclic) bond motifs is 11. The van der Waals surface area contributed by atoms with Crippen molar-refractivity contribution in [2.24, 2.45) is 0 Å². The fraction of sp³-hybridized carbons (Fsp3) is 0. The molecule has 58 heavy (non-hydrogen) atoms. The quantitative estimate of drug-likeness (QED) is 0.169. The van der Waals surface area contributed by atoms with Gasteiger partial charge < -0.3 is 8.83 Å². The molecule has 0 saturated carbocycles. The summed E-state index contributed by atoms with van der Waals surface area (Å²) in [5.41, 5.74) is 10.5. The second-order valence-corrected chi connectivity index (χ2v) is 15.5. The predicted octanol–water partition coefficient (Wildman–Crippen LogP) is 16.3. The maximum Gasteiger partial charge on any atom is 0.143 e. The van der Waals surface area contributed by atoms with Gasteiger partial charge in [-0.05, 0) is 106 Å². The molecule has 0 saturated heterocycles. The minimum Gasteiger partial charge on any atom is -0.455 e. The number of benzene rings is 11. The average molecular weight is 737 g/mol. The van der Waals surface area contributed by atoms with Gasteiger partial charge in [0.2, 0.25) is 0 Å². The molecule has 0 fully saturated rings. The Balaban J connectivity index is 1.15. The first-order chi connectivity index (χ1) is 28.7. The highest BCUT2D eigenvalue weighted by Gasteiger charge is 2.21. The summed E-state index contributed by atoms with van der Waals surface area (Å²) in [6.07, 6.45) is 0. The van der Waals surface area contributed by atoms with E-state index in [1.807, 2.05) is 0 Å². The Kier molecular flexibility index (Phi) is 6.47. The Bertz CT molecular complexity index is 3640. The summed E-state index contributed by atoms with van der Waals surface area (Å²) in [7, 11) is 0. The van der Waals surface area contributed by atoms with Gasteiger partial charge in [0.05, 0.1) is 0 Å². The van der Waals surface area contributed by atoms with E-state index < -0.39 is 0 Å². The first kappa shape index (κ1) is 31.5. The zero-order valence-electron chi connectivity index (χ0n) is 31.3. The highest BCUT2D eigenvalue weighted by Crippen LogP contribution is 2.48. The van der Waals surface area contributed by atoms with Gasteiger partial charge in [-0.25, -0.2) is 0 Å². The first-order valence-electron chi connectivity index (χ1n) is 19.9. The van der Waals surface area contributed by atoms with Crippen LogP contribution in [0.3, 0.4) is 0 Å². The van der Waals surface area contributed by atoms with E-state index in [4.69, 9.17) is 8.83 Å². The fourth-order valence-corrected chi connectivity index (χ4v) is 9.76. The number of para-hydroxylation sites is 2. The minimum absolute atomic E-state index is 0.900. The zero-order valence-corrected chi connectivity index (χ0v) is 31.3. The average Bonchev–Trinajstić information content (AvgIpc) is 3.83. The second-order valence-electron chi connectivity index (χ2n) is 15.5. The van der Waals surface area contributed by atoms with Crippen LogP contribution in [-0.4, -0.2) is 0 Å². The molecule has 0 N–H and O–H groups in total. The van der Waals surface area contributed by atoms with Crippen molar-refractivity contribution in [3.63, 3.8) is 0 Å². The van der Waals surface area contributed by atoms with E-state index in [0.717, 1.165) is 66.1 Å². The molecule has 0 spiro atoms. The Morgan fingerprint density at radius 2 is 0.603 bits per heavy atom. The Hall–Kier alpha value is -7.68. The van der Waals surface area contributed by atoms with Gasteiger partial charge in [0, 0.05) is 32.7 Å². The maximum atomic E-state index is 6.84. The van der Waals surface area contributed by atoms with Gasteiger partial charge in [-0.2, -0.15) is 0 Å². The van der Waals surface area contributed by atoms with Crippen molar-refractivity contribution in [1.82, 2.24) is 0 Å². The molecule has 0 bridgehead atoms. The van der Waals surface area contributed by atoms with Gasteiger partial charge in [-0.1, -0.05) is 164 Å². The van der Waals surface area contributed by atoms with Gasteiger partial charge in [0.25, 0.3) is 0 Å². The Labute approximate surface area is 332 Å². The number of hydrogen-bond donors (Lipinski definition) is 0. The van der Waals surface area contributed by atoms with Crippen molar-refractivity contribution in [3.8, 4) is 33.4 Å². The highest BCUT2D eigenvalue weighted by atomic mass is 16.3. The monoisotopic (exact) mass is 736 g/mol. The molecule has 0 atom stereocenters. The molecule has 0 aliphatic rings. The standard InChI is InChI=1S/C56H32O2/c1-3-15-36-30-52-50(28-34(36)13-1)46-26-10-24-44(55(46)57-52)39-19-8-22-42-48(39)32-49-40(20-9-23-43(49)54(42)41-21-7-17-33-12-5-6-18-38(33)41)45-25-11-27-47-51-29-35-14-2-4-16-37(35)31-53(51)58-56(45)47/h1-32H. The van der Waals surface area contributed by atoms with Crippen LogP contribution in [0, 0.1) is 0 Å². The summed E-state index contributed by atoms with van der Waals surface area (Å²) in [4.78, 5) is 0.